The van der Waals surface area contributed by atoms with Gasteiger partial charge in [0.1, 0.15) is 18.1 Å². The van der Waals surface area contributed by atoms with Crippen LogP contribution in [-0.2, 0) is 15.1 Å². The summed E-state index contributed by atoms with van der Waals surface area (Å²) in [6.07, 6.45) is 0. The first-order valence-corrected chi connectivity index (χ1v) is 6.50. The van der Waals surface area contributed by atoms with Crippen molar-refractivity contribution in [2.45, 2.75) is 19.4 Å². The Balaban J connectivity index is 2.15. The van der Waals surface area contributed by atoms with Crippen molar-refractivity contribution < 1.29 is 23.6 Å². The third-order valence-corrected chi connectivity index (χ3v) is 3.29. The average Bonchev–Trinajstić information content (AvgIpc) is 2.97. The molecular weight excluding hydrogens is 292 g/mol. The molecule has 0 aliphatic carbocycles. The maximum atomic E-state index is 12.4. The number of nitrogens with zero attached hydrogens (tertiary/aromatic N) is 1. The van der Waals surface area contributed by atoms with Crippen LogP contribution in [0.4, 0.5) is 9.59 Å². The molecule has 0 radical (unpaired) electrons. The molecular formula is C13H16N4O5. The molecule has 3 N–H and O–H groups in total. The number of imide groups is 2. The number of amides is 6. The molecule has 0 saturated carbocycles. The number of hydrogen-bond donors (Lipinski definition) is 3. The van der Waals surface area contributed by atoms with Crippen molar-refractivity contribution in [2.75, 3.05) is 13.6 Å². The summed E-state index contributed by atoms with van der Waals surface area (Å²) in [6, 6.07) is 1.80. The molecule has 22 heavy (non-hydrogen) atoms. The summed E-state index contributed by atoms with van der Waals surface area (Å²) in [4.78, 5) is 47.8. The van der Waals surface area contributed by atoms with Gasteiger partial charge in [0.15, 0.2) is 5.54 Å². The predicted molar refractivity (Wildman–Crippen MR) is 73.6 cm³/mol. The number of carbonyl (C=O) groups is 4. The Morgan fingerprint density at radius 1 is 1.36 bits per heavy atom. The summed E-state index contributed by atoms with van der Waals surface area (Å²) in [5.41, 5.74) is -1.38. The summed E-state index contributed by atoms with van der Waals surface area (Å²) in [5.74, 6) is -0.534. The first-order valence-electron chi connectivity index (χ1n) is 6.50. The van der Waals surface area contributed by atoms with E-state index in [-0.39, 0.29) is 5.76 Å². The van der Waals surface area contributed by atoms with Crippen molar-refractivity contribution in [3.8, 4) is 0 Å². The molecule has 1 saturated heterocycles. The molecule has 0 bridgehead atoms. The van der Waals surface area contributed by atoms with Crippen molar-refractivity contribution in [3.63, 3.8) is 0 Å². The fraction of sp³-hybridized carbons (Fsp3) is 0.385. The zero-order valence-corrected chi connectivity index (χ0v) is 12.4. The van der Waals surface area contributed by atoms with Gasteiger partial charge in [-0.1, -0.05) is 0 Å². The highest BCUT2D eigenvalue weighted by Crippen LogP contribution is 2.29. The molecule has 6 amide bonds. The van der Waals surface area contributed by atoms with Crippen LogP contribution in [0.5, 0.6) is 0 Å². The fourth-order valence-corrected chi connectivity index (χ4v) is 2.08. The van der Waals surface area contributed by atoms with E-state index in [0.29, 0.717) is 5.76 Å². The Morgan fingerprint density at radius 3 is 2.59 bits per heavy atom. The van der Waals surface area contributed by atoms with E-state index in [0.717, 1.165) is 4.90 Å². The minimum absolute atomic E-state index is 0.276. The molecule has 1 atom stereocenters. The summed E-state index contributed by atoms with van der Waals surface area (Å²) in [6.45, 7) is 2.64. The van der Waals surface area contributed by atoms with Crippen molar-refractivity contribution in [1.29, 1.82) is 0 Å². The first-order chi connectivity index (χ1) is 10.3. The SMILES string of the molecule is CNC(=O)NC(=O)CN1C(=O)N[C@](C)(c2ccc(C)o2)C1=O. The highest BCUT2D eigenvalue weighted by atomic mass is 16.3. The number of urea groups is 2. The number of furan rings is 1. The monoisotopic (exact) mass is 308 g/mol. The van der Waals surface area contributed by atoms with E-state index < -0.39 is 36.0 Å². The van der Waals surface area contributed by atoms with E-state index in [4.69, 9.17) is 4.42 Å². The molecule has 118 valence electrons. The lowest BCUT2D eigenvalue weighted by Crippen LogP contribution is -2.46. The molecule has 2 rings (SSSR count). The Kier molecular flexibility index (Phi) is 3.89. The standard InChI is InChI=1S/C13H16N4O5/c1-7-4-5-8(22-7)13(2)10(19)17(12(21)16-13)6-9(18)15-11(20)14-3/h4-5H,6H2,1-3H3,(H,16,21)(H2,14,15,18,20)/t13-/m1/s1. The lowest BCUT2D eigenvalue weighted by atomic mass is 9.99. The van der Waals surface area contributed by atoms with E-state index in [1.807, 2.05) is 5.32 Å². The zero-order chi connectivity index (χ0) is 16.5. The van der Waals surface area contributed by atoms with Gasteiger partial charge in [-0.05, 0) is 26.0 Å². The van der Waals surface area contributed by atoms with E-state index >= 15 is 0 Å². The number of hydrogen-bond acceptors (Lipinski definition) is 5. The third-order valence-electron chi connectivity index (χ3n) is 3.29. The van der Waals surface area contributed by atoms with E-state index in [1.54, 1.807) is 19.1 Å². The van der Waals surface area contributed by atoms with E-state index in [2.05, 4.69) is 10.6 Å². The Morgan fingerprint density at radius 2 is 2.05 bits per heavy atom. The minimum atomic E-state index is -1.38. The fourth-order valence-electron chi connectivity index (χ4n) is 2.08. The molecule has 0 aromatic carbocycles. The highest BCUT2D eigenvalue weighted by Gasteiger charge is 2.51. The predicted octanol–water partition coefficient (Wildman–Crippen LogP) is -0.189. The van der Waals surface area contributed by atoms with Crippen LogP contribution in [0.15, 0.2) is 16.5 Å². The van der Waals surface area contributed by atoms with Crippen molar-refractivity contribution in [1.82, 2.24) is 20.9 Å². The van der Waals surface area contributed by atoms with Gasteiger partial charge in [0.05, 0.1) is 0 Å². The van der Waals surface area contributed by atoms with Gasteiger partial charge in [0.25, 0.3) is 5.91 Å². The van der Waals surface area contributed by atoms with Crippen LogP contribution in [0.2, 0.25) is 0 Å². The topological polar surface area (TPSA) is 121 Å². The largest absolute Gasteiger partial charge is 0.463 e. The van der Waals surface area contributed by atoms with Crippen LogP contribution in [0.1, 0.15) is 18.4 Å². The van der Waals surface area contributed by atoms with E-state index in [1.165, 1.54) is 14.0 Å². The molecule has 0 unspecified atom stereocenters. The smallest absolute Gasteiger partial charge is 0.325 e. The maximum absolute atomic E-state index is 12.4. The lowest BCUT2D eigenvalue weighted by Gasteiger charge is -2.18. The van der Waals surface area contributed by atoms with Crippen molar-refractivity contribution in [3.05, 3.63) is 23.7 Å². The number of rotatable bonds is 3. The average molecular weight is 308 g/mol. The summed E-state index contributed by atoms with van der Waals surface area (Å²) >= 11 is 0. The van der Waals surface area contributed by atoms with E-state index in [9.17, 15) is 19.2 Å². The molecule has 1 aliphatic heterocycles. The van der Waals surface area contributed by atoms with Crippen LogP contribution < -0.4 is 16.0 Å². The van der Waals surface area contributed by atoms with Crippen LogP contribution in [0.25, 0.3) is 0 Å². The lowest BCUT2D eigenvalue weighted by molar-refractivity contribution is -0.135. The quantitative estimate of drug-likeness (QED) is 0.668. The molecule has 1 aromatic heterocycles. The van der Waals surface area contributed by atoms with Gasteiger partial charge in [0, 0.05) is 7.05 Å². The minimum Gasteiger partial charge on any atom is -0.463 e. The third kappa shape index (κ3) is 2.65. The number of aryl methyl sites for hydroxylation is 1. The first kappa shape index (κ1) is 15.5. The molecule has 1 aliphatic rings. The Hall–Kier alpha value is -2.84. The second-order valence-corrected chi connectivity index (χ2v) is 4.98. The molecule has 2 heterocycles. The van der Waals surface area contributed by atoms with Gasteiger partial charge in [-0.15, -0.1) is 0 Å². The summed E-state index contributed by atoms with van der Waals surface area (Å²) in [7, 11) is 1.34. The van der Waals surface area contributed by atoms with Crippen LogP contribution in [0, 0.1) is 6.92 Å². The van der Waals surface area contributed by atoms with Gasteiger partial charge in [-0.3, -0.25) is 19.8 Å². The molecule has 9 heteroatoms. The highest BCUT2D eigenvalue weighted by molar-refractivity contribution is 6.09. The second-order valence-electron chi connectivity index (χ2n) is 4.98. The van der Waals surface area contributed by atoms with Crippen molar-refractivity contribution in [2.24, 2.45) is 0 Å². The number of nitrogens with one attached hydrogen (secondary N) is 3. The summed E-state index contributed by atoms with van der Waals surface area (Å²) < 4.78 is 5.40. The van der Waals surface area contributed by atoms with Crippen LogP contribution >= 0.6 is 0 Å². The number of carbonyl (C=O) groups excluding carboxylic acids is 4. The summed E-state index contributed by atoms with van der Waals surface area (Å²) in [5, 5.41) is 6.68. The normalized spacial score (nSPS) is 20.8. The van der Waals surface area contributed by atoms with Gasteiger partial charge in [0.2, 0.25) is 5.91 Å². The molecule has 9 nitrogen and oxygen atoms in total. The van der Waals surface area contributed by atoms with Crippen molar-refractivity contribution >= 4 is 23.9 Å². The Bertz CT molecular complexity index is 653. The van der Waals surface area contributed by atoms with Gasteiger partial charge < -0.3 is 15.1 Å². The molecule has 1 fully saturated rings. The van der Waals surface area contributed by atoms with Crippen LogP contribution in [-0.4, -0.2) is 42.4 Å². The van der Waals surface area contributed by atoms with Gasteiger partial charge in [-0.25, -0.2) is 9.59 Å². The zero-order valence-electron chi connectivity index (χ0n) is 12.4. The van der Waals surface area contributed by atoms with Gasteiger partial charge >= 0.3 is 12.1 Å². The Labute approximate surface area is 126 Å². The molecule has 0 spiro atoms. The second kappa shape index (κ2) is 5.51. The molecule has 1 aromatic rings. The maximum Gasteiger partial charge on any atom is 0.325 e. The van der Waals surface area contributed by atoms with Crippen LogP contribution in [0.3, 0.4) is 0 Å². The van der Waals surface area contributed by atoms with Gasteiger partial charge in [-0.2, -0.15) is 0 Å².